The summed E-state index contributed by atoms with van der Waals surface area (Å²) >= 11 is 0. The highest BCUT2D eigenvalue weighted by molar-refractivity contribution is 5.83. The summed E-state index contributed by atoms with van der Waals surface area (Å²) in [5, 5.41) is 9.78. The summed E-state index contributed by atoms with van der Waals surface area (Å²) in [5.41, 5.74) is 0. The van der Waals surface area contributed by atoms with Crippen LogP contribution in [0.15, 0.2) is 12.3 Å². The lowest BCUT2D eigenvalue weighted by Crippen LogP contribution is -2.35. The highest BCUT2D eigenvalue weighted by Gasteiger charge is 2.11. The van der Waals surface area contributed by atoms with Gasteiger partial charge in [-0.2, -0.15) is 5.10 Å². The van der Waals surface area contributed by atoms with Gasteiger partial charge >= 0.3 is 0 Å². The second-order valence-corrected chi connectivity index (χ2v) is 3.04. The molecule has 1 amide bonds. The minimum Gasteiger partial charge on any atom is -0.357 e. The van der Waals surface area contributed by atoms with Gasteiger partial charge < -0.3 is 10.6 Å². The standard InChI is InChI=1S/C9H16N4O/c1-4-13-6-5-8(12-13)11-7(2)9(14)10-3/h5-7H,4H2,1-3H3,(H,10,14)(H,11,12). The normalized spacial score (nSPS) is 12.2. The number of amides is 1. The van der Waals surface area contributed by atoms with E-state index in [-0.39, 0.29) is 11.9 Å². The highest BCUT2D eigenvalue weighted by atomic mass is 16.2. The van der Waals surface area contributed by atoms with Gasteiger partial charge in [-0.3, -0.25) is 9.48 Å². The highest BCUT2D eigenvalue weighted by Crippen LogP contribution is 2.04. The van der Waals surface area contributed by atoms with E-state index in [9.17, 15) is 4.79 Å². The van der Waals surface area contributed by atoms with Crippen LogP contribution in [0.4, 0.5) is 5.82 Å². The van der Waals surface area contributed by atoms with E-state index in [1.165, 1.54) is 0 Å². The number of anilines is 1. The van der Waals surface area contributed by atoms with Gasteiger partial charge in [0.15, 0.2) is 0 Å². The fraction of sp³-hybridized carbons (Fsp3) is 0.556. The zero-order valence-corrected chi connectivity index (χ0v) is 8.74. The first-order valence-corrected chi connectivity index (χ1v) is 4.69. The second kappa shape index (κ2) is 4.64. The number of hydrogen-bond donors (Lipinski definition) is 2. The Balaban J connectivity index is 2.55. The Morgan fingerprint density at radius 1 is 1.71 bits per heavy atom. The summed E-state index contributed by atoms with van der Waals surface area (Å²) in [5.74, 6) is 0.680. The lowest BCUT2D eigenvalue weighted by Gasteiger charge is -2.10. The van der Waals surface area contributed by atoms with E-state index in [4.69, 9.17) is 0 Å². The average molecular weight is 196 g/mol. The first kappa shape index (κ1) is 10.6. The summed E-state index contributed by atoms with van der Waals surface area (Å²) in [7, 11) is 1.62. The quantitative estimate of drug-likeness (QED) is 0.735. The van der Waals surface area contributed by atoms with Crippen LogP contribution in [0.2, 0.25) is 0 Å². The maximum Gasteiger partial charge on any atom is 0.241 e. The molecule has 0 aromatic carbocycles. The average Bonchev–Trinajstić information content (AvgIpc) is 2.64. The van der Waals surface area contributed by atoms with Crippen LogP contribution in [0, 0.1) is 0 Å². The van der Waals surface area contributed by atoms with Gasteiger partial charge in [-0.05, 0) is 13.8 Å². The molecule has 0 aliphatic heterocycles. The molecule has 1 unspecified atom stereocenters. The maximum absolute atomic E-state index is 11.2. The van der Waals surface area contributed by atoms with Crippen LogP contribution < -0.4 is 10.6 Å². The molecule has 0 fully saturated rings. The molecule has 0 spiro atoms. The number of likely N-dealkylation sites (N-methyl/N-ethyl adjacent to an activating group) is 1. The molecule has 0 bridgehead atoms. The van der Waals surface area contributed by atoms with E-state index >= 15 is 0 Å². The molecule has 0 aliphatic rings. The SMILES string of the molecule is CCn1ccc(NC(C)C(=O)NC)n1. The molecule has 5 nitrogen and oxygen atoms in total. The van der Waals surface area contributed by atoms with Crippen LogP contribution in [0.5, 0.6) is 0 Å². The molecule has 0 saturated carbocycles. The molecular weight excluding hydrogens is 180 g/mol. The molecule has 78 valence electrons. The van der Waals surface area contributed by atoms with Gasteiger partial charge in [0.05, 0.1) is 0 Å². The molecule has 1 aromatic heterocycles. The van der Waals surface area contributed by atoms with Gasteiger partial charge in [0.2, 0.25) is 5.91 Å². The lowest BCUT2D eigenvalue weighted by molar-refractivity contribution is -0.121. The number of hydrogen-bond acceptors (Lipinski definition) is 3. The van der Waals surface area contributed by atoms with Crippen molar-refractivity contribution in [3.05, 3.63) is 12.3 Å². The van der Waals surface area contributed by atoms with Gasteiger partial charge in [-0.1, -0.05) is 0 Å². The maximum atomic E-state index is 11.2. The molecule has 0 aliphatic carbocycles. The predicted molar refractivity (Wildman–Crippen MR) is 55.1 cm³/mol. The Labute approximate surface area is 83.5 Å². The third-order valence-corrected chi connectivity index (χ3v) is 1.97. The second-order valence-electron chi connectivity index (χ2n) is 3.04. The van der Waals surface area contributed by atoms with E-state index < -0.39 is 0 Å². The Kier molecular flexibility index (Phi) is 3.50. The topological polar surface area (TPSA) is 59.0 Å². The van der Waals surface area contributed by atoms with Crippen LogP contribution in [-0.2, 0) is 11.3 Å². The van der Waals surface area contributed by atoms with Gasteiger partial charge in [-0.25, -0.2) is 0 Å². The van der Waals surface area contributed by atoms with E-state index in [1.54, 1.807) is 18.7 Å². The first-order valence-electron chi connectivity index (χ1n) is 4.69. The molecular formula is C9H16N4O. The minimum atomic E-state index is -0.264. The van der Waals surface area contributed by atoms with Crippen molar-refractivity contribution in [2.45, 2.75) is 26.4 Å². The molecule has 0 saturated heterocycles. The predicted octanol–water partition coefficient (Wildman–Crippen LogP) is 0.449. The van der Waals surface area contributed by atoms with E-state index in [0.29, 0.717) is 0 Å². The van der Waals surface area contributed by atoms with E-state index in [0.717, 1.165) is 12.4 Å². The van der Waals surface area contributed by atoms with Crippen LogP contribution >= 0.6 is 0 Å². The summed E-state index contributed by atoms with van der Waals surface area (Å²) in [6.45, 7) is 4.64. The molecule has 1 aromatic rings. The fourth-order valence-corrected chi connectivity index (χ4v) is 1.12. The summed E-state index contributed by atoms with van der Waals surface area (Å²) in [4.78, 5) is 11.2. The van der Waals surface area contributed by atoms with E-state index in [1.807, 2.05) is 19.2 Å². The number of carbonyl (C=O) groups is 1. The first-order chi connectivity index (χ1) is 6.67. The number of nitrogens with one attached hydrogen (secondary N) is 2. The summed E-state index contributed by atoms with van der Waals surface area (Å²) < 4.78 is 1.80. The smallest absolute Gasteiger partial charge is 0.241 e. The molecule has 2 N–H and O–H groups in total. The van der Waals surface area contributed by atoms with Crippen molar-refractivity contribution in [3.63, 3.8) is 0 Å². The Morgan fingerprint density at radius 3 is 2.93 bits per heavy atom. The zero-order valence-electron chi connectivity index (χ0n) is 8.74. The lowest BCUT2D eigenvalue weighted by atomic mass is 10.3. The van der Waals surface area contributed by atoms with Crippen molar-refractivity contribution in [2.75, 3.05) is 12.4 Å². The van der Waals surface area contributed by atoms with Gasteiger partial charge in [0, 0.05) is 25.9 Å². The number of aryl methyl sites for hydroxylation is 1. The van der Waals surface area contributed by atoms with Crippen LogP contribution in [-0.4, -0.2) is 28.8 Å². The summed E-state index contributed by atoms with van der Waals surface area (Å²) in [6, 6.07) is 1.59. The molecule has 5 heteroatoms. The summed E-state index contributed by atoms with van der Waals surface area (Å²) in [6.07, 6.45) is 1.87. The Hall–Kier alpha value is -1.52. The molecule has 0 radical (unpaired) electrons. The van der Waals surface area contributed by atoms with Crippen molar-refractivity contribution < 1.29 is 4.79 Å². The zero-order chi connectivity index (χ0) is 10.6. The largest absolute Gasteiger partial charge is 0.357 e. The van der Waals surface area contributed by atoms with Crippen LogP contribution in [0.3, 0.4) is 0 Å². The third kappa shape index (κ3) is 2.48. The van der Waals surface area contributed by atoms with Gasteiger partial charge in [0.1, 0.15) is 11.9 Å². The number of aromatic nitrogens is 2. The van der Waals surface area contributed by atoms with Crippen molar-refractivity contribution in [1.29, 1.82) is 0 Å². The van der Waals surface area contributed by atoms with E-state index in [2.05, 4.69) is 15.7 Å². The Morgan fingerprint density at radius 2 is 2.43 bits per heavy atom. The molecule has 1 heterocycles. The molecule has 1 rings (SSSR count). The van der Waals surface area contributed by atoms with Crippen molar-refractivity contribution in [3.8, 4) is 0 Å². The van der Waals surface area contributed by atoms with Crippen molar-refractivity contribution >= 4 is 11.7 Å². The third-order valence-electron chi connectivity index (χ3n) is 1.97. The van der Waals surface area contributed by atoms with Gasteiger partial charge in [-0.15, -0.1) is 0 Å². The fourth-order valence-electron chi connectivity index (χ4n) is 1.12. The van der Waals surface area contributed by atoms with Crippen molar-refractivity contribution in [1.82, 2.24) is 15.1 Å². The van der Waals surface area contributed by atoms with Crippen LogP contribution in [0.1, 0.15) is 13.8 Å². The molecule has 1 atom stereocenters. The van der Waals surface area contributed by atoms with Crippen molar-refractivity contribution in [2.24, 2.45) is 0 Å². The number of carbonyl (C=O) groups excluding carboxylic acids is 1. The monoisotopic (exact) mass is 196 g/mol. The number of nitrogens with zero attached hydrogens (tertiary/aromatic N) is 2. The number of rotatable bonds is 4. The minimum absolute atomic E-state index is 0.0453. The van der Waals surface area contributed by atoms with Crippen LogP contribution in [0.25, 0.3) is 0 Å². The molecule has 14 heavy (non-hydrogen) atoms. The van der Waals surface area contributed by atoms with Gasteiger partial charge in [0.25, 0.3) is 0 Å². The Bertz CT molecular complexity index is 308.